The summed E-state index contributed by atoms with van der Waals surface area (Å²) >= 11 is 0. The molecular weight excluding hydrogens is 937 g/mol. The standard InChI is InChI=1S/C70H118O6/c1-4-7-10-13-16-18-20-22-24-26-28-30-32-33-34-35-36-37-39-40-42-44-46-48-50-52-54-57-60-63-69(72)75-66-67(65-74-68(71)62-59-56-15-12-9-6-3)76-70(73)64-61-58-55-53-51-49-47-45-43-41-38-31-29-27-25-23-21-19-17-14-11-8-5-2/h8,11,17,19-20,22-23,25-26,28-29,31-33,41,43,47,49,67H,4-7,9-10,12-16,18,21,24,27,30,34-40,42,44-46,48,50-66H2,1-3H3/b11-8-,19-17-,22-20-,25-23-,28-26-,31-29-,33-32-,43-41-,49-47-. The second kappa shape index (κ2) is 63.6. The van der Waals surface area contributed by atoms with Crippen LogP contribution in [0.15, 0.2) is 109 Å². The van der Waals surface area contributed by atoms with E-state index in [1.54, 1.807) is 0 Å². The van der Waals surface area contributed by atoms with Gasteiger partial charge in [0.15, 0.2) is 6.10 Å². The summed E-state index contributed by atoms with van der Waals surface area (Å²) in [6.07, 6.45) is 87.0. The topological polar surface area (TPSA) is 78.9 Å². The van der Waals surface area contributed by atoms with Gasteiger partial charge in [0, 0.05) is 19.3 Å². The van der Waals surface area contributed by atoms with Gasteiger partial charge in [0.25, 0.3) is 0 Å². The number of carbonyl (C=O) groups is 3. The smallest absolute Gasteiger partial charge is 0.306 e. The number of carbonyl (C=O) groups excluding carboxylic acids is 3. The van der Waals surface area contributed by atoms with Gasteiger partial charge in [-0.15, -0.1) is 0 Å². The molecule has 76 heavy (non-hydrogen) atoms. The molecule has 0 fully saturated rings. The van der Waals surface area contributed by atoms with Crippen molar-refractivity contribution in [1.29, 1.82) is 0 Å². The van der Waals surface area contributed by atoms with Crippen LogP contribution in [0.5, 0.6) is 0 Å². The fourth-order valence-corrected chi connectivity index (χ4v) is 8.75. The van der Waals surface area contributed by atoms with E-state index in [4.69, 9.17) is 14.2 Å². The molecule has 0 amide bonds. The largest absolute Gasteiger partial charge is 0.462 e. The van der Waals surface area contributed by atoms with Crippen molar-refractivity contribution in [2.24, 2.45) is 0 Å². The van der Waals surface area contributed by atoms with Gasteiger partial charge >= 0.3 is 17.9 Å². The maximum absolute atomic E-state index is 12.8. The van der Waals surface area contributed by atoms with Crippen molar-refractivity contribution in [2.75, 3.05) is 13.2 Å². The van der Waals surface area contributed by atoms with E-state index in [-0.39, 0.29) is 31.1 Å². The molecule has 6 heteroatoms. The summed E-state index contributed by atoms with van der Waals surface area (Å²) in [5.74, 6) is -0.920. The van der Waals surface area contributed by atoms with E-state index in [0.717, 1.165) is 122 Å². The van der Waals surface area contributed by atoms with Crippen LogP contribution in [0, 0.1) is 0 Å². The lowest BCUT2D eigenvalue weighted by atomic mass is 10.0. The quantitative estimate of drug-likeness (QED) is 0.0261. The molecule has 0 heterocycles. The third-order valence-electron chi connectivity index (χ3n) is 13.5. The number of unbranched alkanes of at least 4 members (excludes halogenated alkanes) is 28. The highest BCUT2D eigenvalue weighted by Gasteiger charge is 2.19. The third kappa shape index (κ3) is 60.9. The summed E-state index contributed by atoms with van der Waals surface area (Å²) in [6, 6.07) is 0. The van der Waals surface area contributed by atoms with E-state index in [1.807, 2.05) is 0 Å². The summed E-state index contributed by atoms with van der Waals surface area (Å²) in [4.78, 5) is 38.0. The third-order valence-corrected chi connectivity index (χ3v) is 13.5. The van der Waals surface area contributed by atoms with Crippen LogP contribution in [0.1, 0.15) is 297 Å². The molecule has 0 bridgehead atoms. The average Bonchev–Trinajstić information content (AvgIpc) is 3.42. The first-order valence-electron chi connectivity index (χ1n) is 31.9. The highest BCUT2D eigenvalue weighted by Crippen LogP contribution is 2.16. The maximum atomic E-state index is 12.8. The SMILES string of the molecule is CC/C=C\C/C=C\C/C=C\C/C=C\C/C=C\C/C=C\CCCCCCC(=O)OC(COC(=O)CCCCCCCC)COC(=O)CCCCCCCCCCCCCCCC/C=C\C/C=C\C/C=C\CCCCCCC. The van der Waals surface area contributed by atoms with E-state index >= 15 is 0 Å². The molecular formula is C70H118O6. The van der Waals surface area contributed by atoms with Crippen LogP contribution in [-0.2, 0) is 28.6 Å². The normalized spacial score (nSPS) is 12.8. The minimum Gasteiger partial charge on any atom is -0.462 e. The number of rotatable bonds is 57. The van der Waals surface area contributed by atoms with Crippen LogP contribution in [0.4, 0.5) is 0 Å². The Morgan fingerprint density at radius 1 is 0.276 bits per heavy atom. The van der Waals surface area contributed by atoms with Crippen LogP contribution in [0.25, 0.3) is 0 Å². The fourth-order valence-electron chi connectivity index (χ4n) is 8.75. The zero-order valence-electron chi connectivity index (χ0n) is 49.7. The van der Waals surface area contributed by atoms with Crippen LogP contribution in [0.3, 0.4) is 0 Å². The lowest BCUT2D eigenvalue weighted by molar-refractivity contribution is -0.167. The van der Waals surface area contributed by atoms with Crippen molar-refractivity contribution in [3.8, 4) is 0 Å². The summed E-state index contributed by atoms with van der Waals surface area (Å²) in [6.45, 7) is 6.44. The van der Waals surface area contributed by atoms with Gasteiger partial charge in [0.2, 0.25) is 0 Å². The molecule has 6 nitrogen and oxygen atoms in total. The molecule has 434 valence electrons. The first kappa shape index (κ1) is 72.1. The molecule has 1 atom stereocenters. The van der Waals surface area contributed by atoms with Crippen molar-refractivity contribution < 1.29 is 28.6 Å². The van der Waals surface area contributed by atoms with Crippen molar-refractivity contribution in [3.63, 3.8) is 0 Å². The summed E-state index contributed by atoms with van der Waals surface area (Å²) < 4.78 is 16.8. The van der Waals surface area contributed by atoms with Gasteiger partial charge in [-0.05, 0) is 109 Å². The lowest BCUT2D eigenvalue weighted by Gasteiger charge is -2.18. The number of hydrogen-bond donors (Lipinski definition) is 0. The molecule has 0 radical (unpaired) electrons. The van der Waals surface area contributed by atoms with E-state index in [9.17, 15) is 14.4 Å². The zero-order valence-corrected chi connectivity index (χ0v) is 49.7. The zero-order chi connectivity index (χ0) is 55.0. The molecule has 0 spiro atoms. The number of esters is 3. The van der Waals surface area contributed by atoms with Gasteiger partial charge in [-0.25, -0.2) is 0 Å². The van der Waals surface area contributed by atoms with Gasteiger partial charge in [-0.3, -0.25) is 14.4 Å². The molecule has 0 rings (SSSR count). The van der Waals surface area contributed by atoms with E-state index in [0.29, 0.717) is 19.3 Å². The van der Waals surface area contributed by atoms with E-state index < -0.39 is 6.10 Å². The van der Waals surface area contributed by atoms with Gasteiger partial charge in [0.05, 0.1) is 0 Å². The van der Waals surface area contributed by atoms with Crippen LogP contribution in [0.2, 0.25) is 0 Å². The van der Waals surface area contributed by atoms with Crippen molar-refractivity contribution in [3.05, 3.63) is 109 Å². The Balaban J connectivity index is 4.13. The fraction of sp³-hybridized carbons (Fsp3) is 0.700. The highest BCUT2D eigenvalue weighted by molar-refractivity contribution is 5.71. The van der Waals surface area contributed by atoms with Crippen LogP contribution < -0.4 is 0 Å². The average molecular weight is 1060 g/mol. The summed E-state index contributed by atoms with van der Waals surface area (Å²) in [5.41, 5.74) is 0. The van der Waals surface area contributed by atoms with Gasteiger partial charge in [-0.2, -0.15) is 0 Å². The Morgan fingerprint density at radius 3 is 0.803 bits per heavy atom. The Morgan fingerprint density at radius 2 is 0.513 bits per heavy atom. The molecule has 0 aliphatic rings. The van der Waals surface area contributed by atoms with Gasteiger partial charge in [0.1, 0.15) is 13.2 Å². The molecule has 0 aliphatic heterocycles. The Kier molecular flexibility index (Phi) is 60.3. The predicted molar refractivity (Wildman–Crippen MR) is 330 cm³/mol. The van der Waals surface area contributed by atoms with Crippen LogP contribution >= 0.6 is 0 Å². The molecule has 0 saturated carbocycles. The molecule has 0 aromatic heterocycles. The molecule has 0 saturated heterocycles. The Bertz CT molecular complexity index is 1540. The predicted octanol–water partition coefficient (Wildman–Crippen LogP) is 21.8. The highest BCUT2D eigenvalue weighted by atomic mass is 16.6. The first-order chi connectivity index (χ1) is 37.5. The molecule has 0 aliphatic carbocycles. The minimum absolute atomic E-state index is 0.0886. The molecule has 0 aromatic rings. The van der Waals surface area contributed by atoms with Crippen molar-refractivity contribution >= 4 is 17.9 Å². The lowest BCUT2D eigenvalue weighted by Crippen LogP contribution is -2.30. The first-order valence-corrected chi connectivity index (χ1v) is 31.9. The summed E-state index contributed by atoms with van der Waals surface area (Å²) in [5, 5.41) is 0. The molecule has 1 unspecified atom stereocenters. The number of ether oxygens (including phenoxy) is 3. The molecule has 0 aromatic carbocycles. The number of hydrogen-bond acceptors (Lipinski definition) is 6. The van der Waals surface area contributed by atoms with Gasteiger partial charge < -0.3 is 14.2 Å². The maximum Gasteiger partial charge on any atom is 0.306 e. The minimum atomic E-state index is -0.791. The van der Waals surface area contributed by atoms with Crippen molar-refractivity contribution in [2.45, 2.75) is 303 Å². The second-order valence-electron chi connectivity index (χ2n) is 20.9. The Labute approximate surface area is 470 Å². The summed E-state index contributed by atoms with van der Waals surface area (Å²) in [7, 11) is 0. The van der Waals surface area contributed by atoms with Gasteiger partial charge in [-0.1, -0.05) is 278 Å². The van der Waals surface area contributed by atoms with E-state index in [1.165, 1.54) is 135 Å². The van der Waals surface area contributed by atoms with E-state index in [2.05, 4.69) is 130 Å². The second-order valence-corrected chi connectivity index (χ2v) is 20.9. The number of allylic oxidation sites excluding steroid dienone is 18. The monoisotopic (exact) mass is 1050 g/mol. The Hall–Kier alpha value is -3.93. The molecule has 0 N–H and O–H groups in total. The van der Waals surface area contributed by atoms with Crippen molar-refractivity contribution in [1.82, 2.24) is 0 Å². The van der Waals surface area contributed by atoms with Crippen LogP contribution in [-0.4, -0.2) is 37.2 Å².